The molecule has 1 atom stereocenters. The predicted octanol–water partition coefficient (Wildman–Crippen LogP) is 2.12. The first-order chi connectivity index (χ1) is 11.8. The standard InChI is InChI=1S/C19H25N3O3/c1-18(2)11-19(16(23)22(3)17(20)21-19)14-10-13(4-5-15(14)25-18)12-6-8-24-9-7-12/h4-5,10,12H,6-9,11H2,1-3H3,(H2,20,21). The molecule has 1 aromatic rings. The number of nitrogens with two attached hydrogens (primary N) is 1. The number of fused-ring (bicyclic) bond motifs is 2. The lowest BCUT2D eigenvalue weighted by Crippen LogP contribution is -2.49. The summed E-state index contributed by atoms with van der Waals surface area (Å²) in [5.74, 6) is 1.37. The van der Waals surface area contributed by atoms with Crippen LogP contribution in [-0.2, 0) is 15.1 Å². The lowest BCUT2D eigenvalue weighted by atomic mass is 9.76. The van der Waals surface area contributed by atoms with Gasteiger partial charge in [-0.25, -0.2) is 4.99 Å². The van der Waals surface area contributed by atoms with Crippen molar-refractivity contribution in [2.24, 2.45) is 10.7 Å². The first-order valence-electron chi connectivity index (χ1n) is 8.87. The van der Waals surface area contributed by atoms with Crippen molar-refractivity contribution >= 4 is 11.9 Å². The summed E-state index contributed by atoms with van der Waals surface area (Å²) in [5.41, 5.74) is 6.60. The van der Waals surface area contributed by atoms with Crippen molar-refractivity contribution in [1.29, 1.82) is 0 Å². The van der Waals surface area contributed by atoms with Gasteiger partial charge < -0.3 is 15.2 Å². The van der Waals surface area contributed by atoms with Gasteiger partial charge in [0.2, 0.25) is 0 Å². The van der Waals surface area contributed by atoms with E-state index in [0.717, 1.165) is 37.4 Å². The summed E-state index contributed by atoms with van der Waals surface area (Å²) in [5, 5.41) is 0. The Hall–Kier alpha value is -2.08. The molecule has 0 saturated carbocycles. The third kappa shape index (κ3) is 2.51. The Morgan fingerprint density at radius 2 is 2.00 bits per heavy atom. The second-order valence-electron chi connectivity index (χ2n) is 7.88. The Morgan fingerprint density at radius 1 is 1.28 bits per heavy atom. The molecule has 1 aromatic carbocycles. The molecule has 6 heteroatoms. The number of nitrogens with zero attached hydrogens (tertiary/aromatic N) is 2. The monoisotopic (exact) mass is 343 g/mol. The zero-order valence-corrected chi connectivity index (χ0v) is 15.0. The second kappa shape index (κ2) is 5.46. The van der Waals surface area contributed by atoms with E-state index in [1.807, 2.05) is 19.9 Å². The van der Waals surface area contributed by atoms with Gasteiger partial charge in [0.25, 0.3) is 5.91 Å². The third-order valence-electron chi connectivity index (χ3n) is 5.52. The number of hydrogen-bond donors (Lipinski definition) is 1. The summed E-state index contributed by atoms with van der Waals surface area (Å²) in [6, 6.07) is 6.20. The number of carbonyl (C=O) groups excluding carboxylic acids is 1. The highest BCUT2D eigenvalue weighted by Crippen LogP contribution is 2.49. The minimum absolute atomic E-state index is 0.0771. The second-order valence-corrected chi connectivity index (χ2v) is 7.88. The van der Waals surface area contributed by atoms with E-state index in [4.69, 9.17) is 15.2 Å². The number of rotatable bonds is 1. The fourth-order valence-corrected chi connectivity index (χ4v) is 4.28. The number of carbonyl (C=O) groups is 1. The van der Waals surface area contributed by atoms with E-state index < -0.39 is 11.1 Å². The number of hydrogen-bond acceptors (Lipinski definition) is 5. The molecule has 1 saturated heterocycles. The molecular weight excluding hydrogens is 318 g/mol. The van der Waals surface area contributed by atoms with Crippen LogP contribution in [0.1, 0.15) is 50.2 Å². The Balaban J connectivity index is 1.84. The van der Waals surface area contributed by atoms with Crippen LogP contribution in [0, 0.1) is 0 Å². The van der Waals surface area contributed by atoms with E-state index in [9.17, 15) is 4.79 Å². The Morgan fingerprint density at radius 3 is 2.64 bits per heavy atom. The van der Waals surface area contributed by atoms with Crippen molar-refractivity contribution in [3.63, 3.8) is 0 Å². The zero-order chi connectivity index (χ0) is 17.8. The van der Waals surface area contributed by atoms with E-state index in [-0.39, 0.29) is 11.9 Å². The SMILES string of the molecule is CN1C(=O)C2(CC(C)(C)Oc3ccc(C4CCOCC4)cc32)N=C1N. The van der Waals surface area contributed by atoms with Crippen molar-refractivity contribution in [1.82, 2.24) is 4.90 Å². The smallest absolute Gasteiger partial charge is 0.261 e. The highest BCUT2D eigenvalue weighted by Gasteiger charge is 2.55. The Bertz CT molecular complexity index is 752. The zero-order valence-electron chi connectivity index (χ0n) is 15.0. The maximum Gasteiger partial charge on any atom is 0.261 e. The normalized spacial score (nSPS) is 28.7. The van der Waals surface area contributed by atoms with E-state index in [0.29, 0.717) is 12.3 Å². The van der Waals surface area contributed by atoms with Crippen LogP contribution in [0.15, 0.2) is 23.2 Å². The number of amides is 1. The van der Waals surface area contributed by atoms with E-state index >= 15 is 0 Å². The number of guanidine groups is 1. The maximum absolute atomic E-state index is 13.1. The minimum Gasteiger partial charge on any atom is -0.487 e. The van der Waals surface area contributed by atoms with Crippen LogP contribution < -0.4 is 10.5 Å². The molecule has 6 nitrogen and oxygen atoms in total. The van der Waals surface area contributed by atoms with Gasteiger partial charge in [0.05, 0.1) is 0 Å². The van der Waals surface area contributed by atoms with Gasteiger partial charge in [-0.05, 0) is 50.3 Å². The molecule has 4 rings (SSSR count). The predicted molar refractivity (Wildman–Crippen MR) is 94.6 cm³/mol. The van der Waals surface area contributed by atoms with Gasteiger partial charge in [0.1, 0.15) is 11.4 Å². The molecule has 3 heterocycles. The molecule has 2 N–H and O–H groups in total. The van der Waals surface area contributed by atoms with Crippen LogP contribution in [0.2, 0.25) is 0 Å². The molecule has 3 aliphatic rings. The summed E-state index contributed by atoms with van der Waals surface area (Å²) >= 11 is 0. The maximum atomic E-state index is 13.1. The van der Waals surface area contributed by atoms with Crippen LogP contribution in [0.4, 0.5) is 0 Å². The van der Waals surface area contributed by atoms with Crippen molar-refractivity contribution in [2.75, 3.05) is 20.3 Å². The van der Waals surface area contributed by atoms with Crippen molar-refractivity contribution < 1.29 is 14.3 Å². The lowest BCUT2D eigenvalue weighted by molar-refractivity contribution is -0.133. The van der Waals surface area contributed by atoms with Gasteiger partial charge in [-0.1, -0.05) is 6.07 Å². The van der Waals surface area contributed by atoms with Gasteiger partial charge in [0, 0.05) is 32.2 Å². The molecule has 25 heavy (non-hydrogen) atoms. The van der Waals surface area contributed by atoms with Gasteiger partial charge in [0.15, 0.2) is 11.5 Å². The minimum atomic E-state index is -0.975. The average molecular weight is 343 g/mol. The summed E-state index contributed by atoms with van der Waals surface area (Å²) in [6.45, 7) is 5.54. The molecule has 0 bridgehead atoms. The molecule has 1 fully saturated rings. The fourth-order valence-electron chi connectivity index (χ4n) is 4.28. The highest BCUT2D eigenvalue weighted by atomic mass is 16.5. The first kappa shape index (κ1) is 16.4. The van der Waals surface area contributed by atoms with E-state index in [1.165, 1.54) is 10.5 Å². The van der Waals surface area contributed by atoms with Gasteiger partial charge >= 0.3 is 0 Å². The fraction of sp³-hybridized carbons (Fsp3) is 0.579. The Labute approximate surface area is 148 Å². The molecular formula is C19H25N3O3. The van der Waals surface area contributed by atoms with Gasteiger partial charge in [-0.2, -0.15) is 0 Å². The van der Waals surface area contributed by atoms with E-state index in [2.05, 4.69) is 17.1 Å². The summed E-state index contributed by atoms with van der Waals surface area (Å²) in [6.07, 6.45) is 2.48. The van der Waals surface area contributed by atoms with Crippen LogP contribution in [0.5, 0.6) is 5.75 Å². The number of ether oxygens (including phenoxy) is 2. The van der Waals surface area contributed by atoms with Gasteiger partial charge in [-0.3, -0.25) is 9.69 Å². The van der Waals surface area contributed by atoms with Gasteiger partial charge in [-0.15, -0.1) is 0 Å². The molecule has 1 amide bonds. The molecule has 0 aliphatic carbocycles. The third-order valence-corrected chi connectivity index (χ3v) is 5.52. The van der Waals surface area contributed by atoms with Crippen molar-refractivity contribution in [3.05, 3.63) is 29.3 Å². The number of aliphatic imine (C=N–C) groups is 1. The lowest BCUT2D eigenvalue weighted by Gasteiger charge is -2.41. The van der Waals surface area contributed by atoms with Crippen LogP contribution in [-0.4, -0.2) is 42.6 Å². The number of likely N-dealkylation sites (N-methyl/N-ethyl adjacent to an activating group) is 1. The summed E-state index contributed by atoms with van der Waals surface area (Å²) in [7, 11) is 1.68. The van der Waals surface area contributed by atoms with Crippen LogP contribution in [0.3, 0.4) is 0 Å². The summed E-state index contributed by atoms with van der Waals surface area (Å²) < 4.78 is 11.6. The quantitative estimate of drug-likeness (QED) is 0.847. The van der Waals surface area contributed by atoms with Crippen LogP contribution in [0.25, 0.3) is 0 Å². The highest BCUT2D eigenvalue weighted by molar-refractivity contribution is 6.07. The largest absolute Gasteiger partial charge is 0.487 e. The topological polar surface area (TPSA) is 77.2 Å². The van der Waals surface area contributed by atoms with E-state index in [1.54, 1.807) is 7.05 Å². The molecule has 1 unspecified atom stereocenters. The molecule has 0 aromatic heterocycles. The molecule has 134 valence electrons. The Kier molecular flexibility index (Phi) is 3.58. The molecule has 1 spiro atoms. The number of benzene rings is 1. The average Bonchev–Trinajstić information content (AvgIpc) is 2.79. The van der Waals surface area contributed by atoms with Crippen molar-refractivity contribution in [2.45, 2.75) is 50.2 Å². The molecule has 3 aliphatic heterocycles. The van der Waals surface area contributed by atoms with Crippen LogP contribution >= 0.6 is 0 Å². The summed E-state index contributed by atoms with van der Waals surface area (Å²) in [4.78, 5) is 19.2. The van der Waals surface area contributed by atoms with Crippen molar-refractivity contribution in [3.8, 4) is 5.75 Å². The first-order valence-corrected chi connectivity index (χ1v) is 8.87. The molecule has 0 radical (unpaired) electrons.